The quantitative estimate of drug-likeness (QED) is 0.546. The molecule has 0 aromatic carbocycles. The van der Waals surface area contributed by atoms with E-state index < -0.39 is 16.8 Å². The van der Waals surface area contributed by atoms with Crippen LogP contribution in [-0.4, -0.2) is 40.9 Å². The number of amides is 1. The first-order valence-corrected chi connectivity index (χ1v) is 5.57. The summed E-state index contributed by atoms with van der Waals surface area (Å²) in [5.41, 5.74) is -0.523. The minimum Gasteiger partial charge on any atom is -0.444 e. The Labute approximate surface area is 99.8 Å². The second kappa shape index (κ2) is 5.20. The highest BCUT2D eigenvalue weighted by Crippen LogP contribution is 2.17. The number of carbonyl (C=O) groups excluding carboxylic acids is 1. The molecule has 1 heterocycles. The molecule has 1 saturated heterocycles. The predicted molar refractivity (Wildman–Crippen MR) is 58.9 cm³/mol. The van der Waals surface area contributed by atoms with Crippen molar-refractivity contribution in [3.8, 4) is 0 Å². The molecule has 0 aliphatic carbocycles. The van der Waals surface area contributed by atoms with Gasteiger partial charge in [0.25, 0.3) is 5.09 Å². The Morgan fingerprint density at radius 3 is 2.29 bits per heavy atom. The van der Waals surface area contributed by atoms with E-state index in [9.17, 15) is 14.9 Å². The van der Waals surface area contributed by atoms with Gasteiger partial charge in [-0.2, -0.15) is 0 Å². The average Bonchev–Trinajstić information content (AvgIpc) is 2.15. The molecule has 1 aliphatic heterocycles. The third-order valence-electron chi connectivity index (χ3n) is 2.33. The van der Waals surface area contributed by atoms with Crippen molar-refractivity contribution in [3.63, 3.8) is 0 Å². The molecule has 1 aliphatic rings. The van der Waals surface area contributed by atoms with Gasteiger partial charge in [-0.25, -0.2) is 4.79 Å². The second-order valence-corrected chi connectivity index (χ2v) is 5.00. The maximum Gasteiger partial charge on any atom is 0.410 e. The van der Waals surface area contributed by atoms with Crippen molar-refractivity contribution in [2.75, 3.05) is 13.1 Å². The van der Waals surface area contributed by atoms with Gasteiger partial charge in [0.2, 0.25) is 0 Å². The van der Waals surface area contributed by atoms with Crippen LogP contribution in [0, 0.1) is 10.1 Å². The van der Waals surface area contributed by atoms with Crippen LogP contribution < -0.4 is 0 Å². The molecule has 1 amide bonds. The minimum atomic E-state index is -0.784. The maximum atomic E-state index is 11.7. The summed E-state index contributed by atoms with van der Waals surface area (Å²) >= 11 is 0. The number of nitrogens with zero attached hydrogens (tertiary/aromatic N) is 2. The van der Waals surface area contributed by atoms with Gasteiger partial charge in [-0.05, 0) is 33.6 Å². The SMILES string of the molecule is CC(C)(C)OC(=O)N1CCC(O[N+](=O)[O-])CC1. The molecule has 17 heavy (non-hydrogen) atoms. The lowest BCUT2D eigenvalue weighted by molar-refractivity contribution is -0.769. The van der Waals surface area contributed by atoms with Gasteiger partial charge in [-0.1, -0.05) is 0 Å². The summed E-state index contributed by atoms with van der Waals surface area (Å²) < 4.78 is 5.21. The van der Waals surface area contributed by atoms with Gasteiger partial charge in [-0.15, -0.1) is 10.1 Å². The molecule has 0 spiro atoms. The zero-order valence-electron chi connectivity index (χ0n) is 10.3. The molecule has 1 fully saturated rings. The van der Waals surface area contributed by atoms with Crippen molar-refractivity contribution in [1.82, 2.24) is 4.90 Å². The minimum absolute atomic E-state index is 0.378. The number of likely N-dealkylation sites (tertiary alicyclic amines) is 1. The van der Waals surface area contributed by atoms with Crippen molar-refractivity contribution in [2.45, 2.75) is 45.3 Å². The summed E-state index contributed by atoms with van der Waals surface area (Å²) in [7, 11) is 0. The Morgan fingerprint density at radius 1 is 1.35 bits per heavy atom. The van der Waals surface area contributed by atoms with Crippen LogP contribution in [0.2, 0.25) is 0 Å². The molecule has 0 aromatic rings. The third kappa shape index (κ3) is 4.88. The van der Waals surface area contributed by atoms with E-state index in [1.54, 1.807) is 25.7 Å². The van der Waals surface area contributed by atoms with Crippen molar-refractivity contribution in [3.05, 3.63) is 10.1 Å². The Hall–Kier alpha value is -1.53. The van der Waals surface area contributed by atoms with Gasteiger partial charge >= 0.3 is 6.09 Å². The molecule has 0 unspecified atom stereocenters. The van der Waals surface area contributed by atoms with Gasteiger partial charge < -0.3 is 14.5 Å². The maximum absolute atomic E-state index is 11.7. The fourth-order valence-electron chi connectivity index (χ4n) is 1.59. The largest absolute Gasteiger partial charge is 0.444 e. The van der Waals surface area contributed by atoms with E-state index in [1.165, 1.54) is 0 Å². The molecule has 0 saturated carbocycles. The van der Waals surface area contributed by atoms with E-state index in [-0.39, 0.29) is 6.09 Å². The topological polar surface area (TPSA) is 81.9 Å². The molecule has 0 radical (unpaired) electrons. The normalized spacial score (nSPS) is 17.7. The third-order valence-corrected chi connectivity index (χ3v) is 2.33. The molecule has 0 bridgehead atoms. The van der Waals surface area contributed by atoms with Crippen LogP contribution >= 0.6 is 0 Å². The predicted octanol–water partition coefficient (Wildman–Crippen LogP) is 1.59. The molecule has 7 heteroatoms. The van der Waals surface area contributed by atoms with E-state index in [0.29, 0.717) is 25.9 Å². The Balaban J connectivity index is 2.36. The van der Waals surface area contributed by atoms with E-state index >= 15 is 0 Å². The lowest BCUT2D eigenvalue weighted by atomic mass is 10.1. The Morgan fingerprint density at radius 2 is 1.88 bits per heavy atom. The zero-order chi connectivity index (χ0) is 13.1. The van der Waals surface area contributed by atoms with Crippen LogP contribution in [0.5, 0.6) is 0 Å². The number of rotatable bonds is 2. The van der Waals surface area contributed by atoms with Gasteiger partial charge in [-0.3, -0.25) is 0 Å². The van der Waals surface area contributed by atoms with Crippen LogP contribution in [0.15, 0.2) is 0 Å². The molecule has 1 rings (SSSR count). The highest BCUT2D eigenvalue weighted by atomic mass is 17.0. The van der Waals surface area contributed by atoms with Crippen LogP contribution in [-0.2, 0) is 9.57 Å². The van der Waals surface area contributed by atoms with Gasteiger partial charge in [0, 0.05) is 13.1 Å². The first-order valence-electron chi connectivity index (χ1n) is 5.57. The average molecular weight is 246 g/mol. The first-order chi connectivity index (χ1) is 7.78. The van der Waals surface area contributed by atoms with E-state index in [0.717, 1.165) is 0 Å². The summed E-state index contributed by atoms with van der Waals surface area (Å²) in [5.74, 6) is 0. The summed E-state index contributed by atoms with van der Waals surface area (Å²) in [6.07, 6.45) is 0.126. The van der Waals surface area contributed by atoms with Crippen LogP contribution in [0.1, 0.15) is 33.6 Å². The van der Waals surface area contributed by atoms with Crippen LogP contribution in [0.3, 0.4) is 0 Å². The number of hydrogen-bond donors (Lipinski definition) is 0. The summed E-state index contributed by atoms with van der Waals surface area (Å²) in [6.45, 7) is 6.25. The van der Waals surface area contributed by atoms with Gasteiger partial charge in [0.1, 0.15) is 11.7 Å². The summed E-state index contributed by atoms with van der Waals surface area (Å²) in [5, 5.41) is 9.36. The van der Waals surface area contributed by atoms with E-state index in [2.05, 4.69) is 4.84 Å². The highest BCUT2D eigenvalue weighted by Gasteiger charge is 2.28. The number of piperidine rings is 1. The number of hydrogen-bond acceptors (Lipinski definition) is 5. The molecule has 0 aromatic heterocycles. The van der Waals surface area contributed by atoms with Crippen molar-refractivity contribution in [1.29, 1.82) is 0 Å². The molecule has 7 nitrogen and oxygen atoms in total. The zero-order valence-corrected chi connectivity index (χ0v) is 10.3. The fourth-order valence-corrected chi connectivity index (χ4v) is 1.59. The van der Waals surface area contributed by atoms with Crippen LogP contribution in [0.25, 0.3) is 0 Å². The van der Waals surface area contributed by atoms with Gasteiger partial charge in [0.05, 0.1) is 0 Å². The summed E-state index contributed by atoms with van der Waals surface area (Å²) in [6, 6.07) is 0. The molecule has 0 atom stereocenters. The van der Waals surface area contributed by atoms with Gasteiger partial charge in [0.15, 0.2) is 0 Å². The molecule has 98 valence electrons. The van der Waals surface area contributed by atoms with Crippen molar-refractivity contribution < 1.29 is 19.5 Å². The van der Waals surface area contributed by atoms with Crippen LogP contribution in [0.4, 0.5) is 4.79 Å². The second-order valence-electron chi connectivity index (χ2n) is 5.00. The van der Waals surface area contributed by atoms with Crippen molar-refractivity contribution in [2.24, 2.45) is 0 Å². The monoisotopic (exact) mass is 246 g/mol. The lowest BCUT2D eigenvalue weighted by Crippen LogP contribution is -2.43. The summed E-state index contributed by atoms with van der Waals surface area (Å²) in [4.78, 5) is 27.8. The first kappa shape index (κ1) is 13.5. The smallest absolute Gasteiger partial charge is 0.410 e. The number of ether oxygens (including phenoxy) is 1. The number of carbonyl (C=O) groups is 1. The van der Waals surface area contributed by atoms with Crippen molar-refractivity contribution >= 4 is 6.09 Å². The van der Waals surface area contributed by atoms with E-state index in [4.69, 9.17) is 4.74 Å². The molecular formula is C10H18N2O5. The lowest BCUT2D eigenvalue weighted by Gasteiger charge is -2.32. The highest BCUT2D eigenvalue weighted by molar-refractivity contribution is 5.68. The Bertz CT molecular complexity index is 292. The van der Waals surface area contributed by atoms with E-state index in [1.807, 2.05) is 0 Å². The molecule has 0 N–H and O–H groups in total. The Kier molecular flexibility index (Phi) is 4.14. The fraction of sp³-hybridized carbons (Fsp3) is 0.900. The molecular weight excluding hydrogens is 228 g/mol. The standard InChI is InChI=1S/C10H18N2O5/c1-10(2,3)16-9(13)11-6-4-8(5-7-11)17-12(14)15/h8H,4-7H2,1-3H3.